The smallest absolute Gasteiger partial charge is 0.164 e. The van der Waals surface area contributed by atoms with Gasteiger partial charge in [-0.15, -0.1) is 11.3 Å². The van der Waals surface area contributed by atoms with Crippen molar-refractivity contribution >= 4 is 75.3 Å². The van der Waals surface area contributed by atoms with E-state index in [0.717, 1.165) is 61.0 Å². The second-order valence-electron chi connectivity index (χ2n) is 14.4. The van der Waals surface area contributed by atoms with Gasteiger partial charge in [0.25, 0.3) is 0 Å². The number of furan rings is 1. The minimum Gasteiger partial charge on any atom is -0.456 e. The molecule has 8 aromatic carbocycles. The van der Waals surface area contributed by atoms with Gasteiger partial charge in [-0.1, -0.05) is 127 Å². The van der Waals surface area contributed by atoms with Crippen molar-refractivity contribution in [1.29, 1.82) is 0 Å². The van der Waals surface area contributed by atoms with E-state index in [1.807, 2.05) is 36.4 Å². The highest BCUT2D eigenvalue weighted by molar-refractivity contribution is 7.25. The van der Waals surface area contributed by atoms with Crippen LogP contribution in [-0.2, 0) is 0 Å². The molecule has 0 atom stereocenters. The number of fused-ring (bicyclic) bond motifs is 9. The van der Waals surface area contributed by atoms with Crippen molar-refractivity contribution in [2.24, 2.45) is 0 Å². The van der Waals surface area contributed by atoms with E-state index in [9.17, 15) is 0 Å². The largest absolute Gasteiger partial charge is 0.456 e. The summed E-state index contributed by atoms with van der Waals surface area (Å²) in [5, 5.41) is 6.99. The van der Waals surface area contributed by atoms with E-state index in [1.54, 1.807) is 11.3 Å². The molecule has 12 rings (SSSR count). The van der Waals surface area contributed by atoms with Crippen LogP contribution in [0.15, 0.2) is 186 Å². The summed E-state index contributed by atoms with van der Waals surface area (Å²) in [6.45, 7) is 0. The number of para-hydroxylation sites is 3. The van der Waals surface area contributed by atoms with Crippen molar-refractivity contribution in [1.82, 2.24) is 19.5 Å². The minimum absolute atomic E-state index is 0.607. The van der Waals surface area contributed by atoms with E-state index in [4.69, 9.17) is 19.4 Å². The topological polar surface area (TPSA) is 56.7 Å². The predicted octanol–water partition coefficient (Wildman–Crippen LogP) is 13.9. The minimum atomic E-state index is 0.607. The van der Waals surface area contributed by atoms with Gasteiger partial charge in [-0.05, 0) is 60.2 Å². The number of nitrogens with zero attached hydrogens (tertiary/aromatic N) is 4. The lowest BCUT2D eigenvalue weighted by molar-refractivity contribution is 0.669. The Hall–Kier alpha value is -7.41. The van der Waals surface area contributed by atoms with Gasteiger partial charge in [0.1, 0.15) is 11.2 Å². The van der Waals surface area contributed by atoms with Crippen LogP contribution in [-0.4, -0.2) is 19.5 Å². The summed E-state index contributed by atoms with van der Waals surface area (Å²) >= 11 is 1.79. The van der Waals surface area contributed by atoms with Crippen LogP contribution in [0.5, 0.6) is 0 Å². The Labute approximate surface area is 330 Å². The molecule has 0 radical (unpaired) electrons. The fraction of sp³-hybridized carbons (Fsp3) is 0. The van der Waals surface area contributed by atoms with Crippen molar-refractivity contribution in [3.8, 4) is 51.0 Å². The van der Waals surface area contributed by atoms with Crippen LogP contribution in [0.4, 0.5) is 0 Å². The molecular weight excluding hydrogens is 717 g/mol. The predicted molar refractivity (Wildman–Crippen MR) is 236 cm³/mol. The van der Waals surface area contributed by atoms with Crippen molar-refractivity contribution in [3.63, 3.8) is 0 Å². The monoisotopic (exact) mass is 746 g/mol. The fourth-order valence-electron chi connectivity index (χ4n) is 8.49. The number of hydrogen-bond donors (Lipinski definition) is 0. The van der Waals surface area contributed by atoms with Gasteiger partial charge in [0.05, 0.1) is 11.0 Å². The van der Waals surface area contributed by atoms with Crippen LogP contribution < -0.4 is 0 Å². The van der Waals surface area contributed by atoms with Gasteiger partial charge >= 0.3 is 0 Å². The zero-order chi connectivity index (χ0) is 37.5. The quantitative estimate of drug-likeness (QED) is 0.176. The lowest BCUT2D eigenvalue weighted by Crippen LogP contribution is -2.00. The molecule has 5 nitrogen and oxygen atoms in total. The average molecular weight is 747 g/mol. The van der Waals surface area contributed by atoms with Crippen LogP contribution in [0, 0.1) is 0 Å². The Kier molecular flexibility index (Phi) is 7.03. The van der Waals surface area contributed by atoms with Crippen molar-refractivity contribution < 1.29 is 4.42 Å². The maximum absolute atomic E-state index is 6.58. The summed E-state index contributed by atoms with van der Waals surface area (Å²) in [5.41, 5.74) is 10.1. The molecule has 0 aliphatic carbocycles. The van der Waals surface area contributed by atoms with Crippen LogP contribution >= 0.6 is 11.3 Å². The highest BCUT2D eigenvalue weighted by Gasteiger charge is 2.21. The maximum Gasteiger partial charge on any atom is 0.164 e. The van der Waals surface area contributed by atoms with E-state index in [0.29, 0.717) is 17.5 Å². The molecule has 57 heavy (non-hydrogen) atoms. The van der Waals surface area contributed by atoms with E-state index < -0.39 is 0 Å². The van der Waals surface area contributed by atoms with Crippen molar-refractivity contribution in [2.45, 2.75) is 0 Å². The fourth-order valence-corrected chi connectivity index (χ4v) is 9.63. The van der Waals surface area contributed by atoms with Gasteiger partial charge in [0.2, 0.25) is 0 Å². The Morgan fingerprint density at radius 2 is 1.04 bits per heavy atom. The first-order valence-corrected chi connectivity index (χ1v) is 19.8. The molecular formula is C51H30N4OS. The van der Waals surface area contributed by atoms with E-state index in [-0.39, 0.29) is 0 Å². The molecule has 0 spiro atoms. The van der Waals surface area contributed by atoms with Crippen LogP contribution in [0.2, 0.25) is 0 Å². The lowest BCUT2D eigenvalue weighted by atomic mass is 9.96. The van der Waals surface area contributed by atoms with Crippen molar-refractivity contribution in [2.75, 3.05) is 0 Å². The molecule has 0 aliphatic rings. The number of benzene rings is 8. The van der Waals surface area contributed by atoms with Crippen LogP contribution in [0.3, 0.4) is 0 Å². The van der Waals surface area contributed by atoms with Crippen molar-refractivity contribution in [3.05, 3.63) is 182 Å². The molecule has 0 amide bonds. The summed E-state index contributed by atoms with van der Waals surface area (Å²) in [5.74, 6) is 1.87. The molecule has 0 saturated heterocycles. The van der Waals surface area contributed by atoms with Gasteiger partial charge in [-0.3, -0.25) is 0 Å². The number of thiophene rings is 1. The molecule has 0 N–H and O–H groups in total. The highest BCUT2D eigenvalue weighted by Crippen LogP contribution is 2.44. The molecule has 4 heterocycles. The van der Waals surface area contributed by atoms with E-state index in [1.165, 1.54) is 36.5 Å². The first-order chi connectivity index (χ1) is 28.2. The lowest BCUT2D eigenvalue weighted by Gasteiger charge is -2.12. The molecule has 4 aromatic heterocycles. The third-order valence-electron chi connectivity index (χ3n) is 11.1. The summed E-state index contributed by atoms with van der Waals surface area (Å²) < 4.78 is 11.4. The van der Waals surface area contributed by atoms with Gasteiger partial charge in [-0.2, -0.15) is 0 Å². The van der Waals surface area contributed by atoms with Gasteiger partial charge in [-0.25, -0.2) is 15.0 Å². The molecule has 6 heteroatoms. The Morgan fingerprint density at radius 3 is 1.88 bits per heavy atom. The number of aromatic nitrogens is 4. The maximum atomic E-state index is 6.58. The zero-order valence-electron chi connectivity index (χ0n) is 30.4. The molecule has 12 aromatic rings. The molecule has 0 unspecified atom stereocenters. The third-order valence-corrected chi connectivity index (χ3v) is 12.2. The van der Waals surface area contributed by atoms with E-state index >= 15 is 0 Å². The zero-order valence-corrected chi connectivity index (χ0v) is 31.2. The second-order valence-corrected chi connectivity index (χ2v) is 15.4. The van der Waals surface area contributed by atoms with Gasteiger partial charge in [0, 0.05) is 69.7 Å². The summed E-state index contributed by atoms with van der Waals surface area (Å²) in [6.07, 6.45) is 0. The second kappa shape index (κ2) is 12.6. The van der Waals surface area contributed by atoms with Crippen LogP contribution in [0.1, 0.15) is 0 Å². The molecule has 0 bridgehead atoms. The average Bonchev–Trinajstić information content (AvgIpc) is 3.96. The van der Waals surface area contributed by atoms with E-state index in [2.05, 4.69) is 150 Å². The third kappa shape index (κ3) is 5.04. The van der Waals surface area contributed by atoms with Gasteiger partial charge in [0.15, 0.2) is 17.5 Å². The Bertz CT molecular complexity index is 3530. The molecule has 266 valence electrons. The molecule has 0 aliphatic heterocycles. The standard InChI is InChI=1S/C51H30N4OS/c1-3-13-31(14-4-1)49-52-50(54-51(53-49)33-25-27-37-36-18-8-10-24-45(36)57-46(37)30-33)32-26-28-43-41(29-32)47-38(19-12-23-44(47)56-43)40-21-11-20-39-35-17-7-9-22-42(35)55(48(39)40)34-15-5-2-6-16-34/h1-30H. The summed E-state index contributed by atoms with van der Waals surface area (Å²) in [6, 6.07) is 63.8. The molecule has 0 fully saturated rings. The Morgan fingerprint density at radius 1 is 0.404 bits per heavy atom. The van der Waals surface area contributed by atoms with Crippen LogP contribution in [0.25, 0.3) is 115 Å². The number of hydrogen-bond acceptors (Lipinski definition) is 5. The first kappa shape index (κ1) is 31.9. The first-order valence-electron chi connectivity index (χ1n) is 19.0. The highest BCUT2D eigenvalue weighted by atomic mass is 32.1. The SMILES string of the molecule is c1ccc(-c2nc(-c3ccc4c(c3)sc3ccccc34)nc(-c3ccc4oc5cccc(-c6cccc7c8ccccc8n(-c8ccccc8)c67)c5c4c3)n2)cc1. The normalized spacial score (nSPS) is 11.9. The molecule has 0 saturated carbocycles. The van der Waals surface area contributed by atoms with Gasteiger partial charge < -0.3 is 8.98 Å². The summed E-state index contributed by atoms with van der Waals surface area (Å²) in [4.78, 5) is 15.3. The number of rotatable bonds is 5. The Balaban J connectivity index is 1.07. The summed E-state index contributed by atoms with van der Waals surface area (Å²) in [7, 11) is 0.